The number of rotatable bonds is 4. The average Bonchev–Trinajstić information content (AvgIpc) is 3.21. The van der Waals surface area contributed by atoms with E-state index in [1.807, 2.05) is 24.3 Å². The monoisotopic (exact) mass is 447 g/mol. The molecule has 3 heterocycles. The maximum atomic E-state index is 13.6. The Morgan fingerprint density at radius 1 is 0.909 bits per heavy atom. The van der Waals surface area contributed by atoms with Crippen molar-refractivity contribution >= 4 is 40.5 Å². The third-order valence-corrected chi connectivity index (χ3v) is 6.56. The van der Waals surface area contributed by atoms with Crippen LogP contribution in [-0.4, -0.2) is 47.7 Å². The van der Waals surface area contributed by atoms with Crippen LogP contribution in [0.5, 0.6) is 5.75 Å². The van der Waals surface area contributed by atoms with E-state index in [0.29, 0.717) is 31.6 Å². The van der Waals surface area contributed by atoms with Crippen molar-refractivity contribution in [2.75, 3.05) is 27.9 Å². The molecule has 0 radical (unpaired) electrons. The molecule has 3 amide bonds. The van der Waals surface area contributed by atoms with Crippen LogP contribution in [0.1, 0.15) is 25.7 Å². The Morgan fingerprint density at radius 2 is 1.55 bits per heavy atom. The Labute approximate surface area is 191 Å². The number of nitrogens with zero attached hydrogens (tertiary/aromatic N) is 4. The molecule has 0 aliphatic carbocycles. The van der Waals surface area contributed by atoms with Crippen molar-refractivity contribution in [1.82, 2.24) is 0 Å². The molecule has 2 aromatic rings. The van der Waals surface area contributed by atoms with Gasteiger partial charge in [-0.2, -0.15) is 5.10 Å². The predicted molar refractivity (Wildman–Crippen MR) is 124 cm³/mol. The molecule has 0 saturated carbocycles. The summed E-state index contributed by atoms with van der Waals surface area (Å²) >= 11 is 0. The average molecular weight is 447 g/mol. The van der Waals surface area contributed by atoms with E-state index >= 15 is 0 Å². The number of fused-ring (bicyclic) bond motifs is 1. The molecule has 9 heteroatoms. The lowest BCUT2D eigenvalue weighted by Crippen LogP contribution is -2.55. The van der Waals surface area contributed by atoms with Gasteiger partial charge in [-0.1, -0.05) is 0 Å². The van der Waals surface area contributed by atoms with Crippen molar-refractivity contribution in [2.24, 2.45) is 16.8 Å². The van der Waals surface area contributed by atoms with E-state index in [-0.39, 0.29) is 23.3 Å². The molecule has 5 rings (SSSR count). The molecule has 2 atom stereocenters. The van der Waals surface area contributed by atoms with Crippen molar-refractivity contribution in [3.63, 3.8) is 0 Å². The number of hydrazone groups is 1. The lowest BCUT2D eigenvalue weighted by Gasteiger charge is -2.37. The number of nitrogens with two attached hydrogens (primary N) is 1. The third kappa shape index (κ3) is 3.69. The highest BCUT2D eigenvalue weighted by atomic mass is 16.3. The highest BCUT2D eigenvalue weighted by Gasteiger charge is 2.49. The molecule has 2 saturated heterocycles. The number of amides is 3. The van der Waals surface area contributed by atoms with E-state index in [0.717, 1.165) is 24.2 Å². The summed E-state index contributed by atoms with van der Waals surface area (Å²) in [5, 5.41) is 15.5. The second-order valence-corrected chi connectivity index (χ2v) is 8.56. The first-order chi connectivity index (χ1) is 15.9. The largest absolute Gasteiger partial charge is 0.508 e. The maximum absolute atomic E-state index is 13.6. The van der Waals surface area contributed by atoms with Crippen LogP contribution >= 0.6 is 0 Å². The number of hydrogen-bond donors (Lipinski definition) is 2. The number of primary amides is 1. The van der Waals surface area contributed by atoms with Gasteiger partial charge in [-0.15, -0.1) is 0 Å². The van der Waals surface area contributed by atoms with Gasteiger partial charge >= 0.3 is 0 Å². The molecule has 33 heavy (non-hydrogen) atoms. The summed E-state index contributed by atoms with van der Waals surface area (Å²) in [6, 6.07) is 13.1. The third-order valence-electron chi connectivity index (χ3n) is 6.56. The zero-order chi connectivity index (χ0) is 23.1. The van der Waals surface area contributed by atoms with E-state index in [9.17, 15) is 19.5 Å². The first-order valence-corrected chi connectivity index (χ1v) is 11.1. The van der Waals surface area contributed by atoms with Crippen LogP contribution in [-0.2, 0) is 14.4 Å². The Hall–Kier alpha value is -3.88. The van der Waals surface area contributed by atoms with Crippen molar-refractivity contribution < 1.29 is 19.5 Å². The minimum absolute atomic E-state index is 0.0949. The number of carbonyl (C=O) groups is 3. The van der Waals surface area contributed by atoms with Crippen LogP contribution in [0.3, 0.4) is 0 Å². The molecule has 3 aliphatic rings. The van der Waals surface area contributed by atoms with Crippen LogP contribution in [0.2, 0.25) is 0 Å². The Balaban J connectivity index is 1.42. The summed E-state index contributed by atoms with van der Waals surface area (Å²) in [5.41, 5.74) is 7.91. The fourth-order valence-electron chi connectivity index (χ4n) is 4.89. The van der Waals surface area contributed by atoms with E-state index in [4.69, 9.17) is 5.73 Å². The first-order valence-electron chi connectivity index (χ1n) is 11.1. The first kappa shape index (κ1) is 21.0. The van der Waals surface area contributed by atoms with Gasteiger partial charge in [0.1, 0.15) is 17.5 Å². The molecule has 2 fully saturated rings. The summed E-state index contributed by atoms with van der Waals surface area (Å²) in [4.78, 5) is 41.3. The topological polar surface area (TPSA) is 120 Å². The van der Waals surface area contributed by atoms with Gasteiger partial charge in [0.15, 0.2) is 0 Å². The minimum Gasteiger partial charge on any atom is -0.508 e. The molecule has 0 spiro atoms. The van der Waals surface area contributed by atoms with Gasteiger partial charge in [-0.25, -0.2) is 0 Å². The van der Waals surface area contributed by atoms with Crippen molar-refractivity contribution in [3.8, 4) is 5.75 Å². The normalized spacial score (nSPS) is 22.9. The Morgan fingerprint density at radius 3 is 2.18 bits per heavy atom. The summed E-state index contributed by atoms with van der Waals surface area (Å²) in [5.74, 6) is -0.996. The summed E-state index contributed by atoms with van der Waals surface area (Å²) in [6.45, 7) is 1.14. The van der Waals surface area contributed by atoms with Gasteiger partial charge in [0.25, 0.3) is 11.8 Å². The molecule has 3 N–H and O–H groups in total. The molecule has 2 unspecified atom stereocenters. The van der Waals surface area contributed by atoms with Crippen molar-refractivity contribution in [3.05, 3.63) is 48.5 Å². The van der Waals surface area contributed by atoms with E-state index in [1.165, 1.54) is 17.1 Å². The van der Waals surface area contributed by atoms with Crippen LogP contribution in [0.15, 0.2) is 53.6 Å². The molecular formula is C24H25N5O4. The smallest absolute Gasteiger partial charge is 0.265 e. The summed E-state index contributed by atoms with van der Waals surface area (Å²) in [6.07, 6.45) is 3.01. The van der Waals surface area contributed by atoms with Crippen LogP contribution in [0, 0.1) is 5.92 Å². The van der Waals surface area contributed by atoms with E-state index in [2.05, 4.69) is 5.10 Å². The fourth-order valence-corrected chi connectivity index (χ4v) is 4.89. The van der Waals surface area contributed by atoms with E-state index < -0.39 is 17.9 Å². The summed E-state index contributed by atoms with van der Waals surface area (Å²) in [7, 11) is 0. The molecule has 170 valence electrons. The number of hydrogen-bond acceptors (Lipinski definition) is 6. The molecule has 0 bridgehead atoms. The van der Waals surface area contributed by atoms with Gasteiger partial charge in [0.05, 0.1) is 5.69 Å². The zero-order valence-corrected chi connectivity index (χ0v) is 18.1. The highest BCUT2D eigenvalue weighted by Crippen LogP contribution is 2.37. The van der Waals surface area contributed by atoms with Gasteiger partial charge in [-0.3, -0.25) is 19.4 Å². The second kappa shape index (κ2) is 8.23. The number of carbonyl (C=O) groups excluding carboxylic acids is 3. The molecule has 0 aromatic heterocycles. The lowest BCUT2D eigenvalue weighted by molar-refractivity contribution is -0.121. The van der Waals surface area contributed by atoms with Crippen molar-refractivity contribution in [1.29, 1.82) is 0 Å². The van der Waals surface area contributed by atoms with E-state index in [1.54, 1.807) is 21.9 Å². The van der Waals surface area contributed by atoms with Gasteiger partial charge in [0, 0.05) is 36.8 Å². The lowest BCUT2D eigenvalue weighted by atomic mass is 9.87. The predicted octanol–water partition coefficient (Wildman–Crippen LogP) is 1.99. The number of anilines is 3. The quantitative estimate of drug-likeness (QED) is 0.743. The van der Waals surface area contributed by atoms with Gasteiger partial charge < -0.3 is 20.6 Å². The molecule has 3 aliphatic heterocycles. The van der Waals surface area contributed by atoms with Gasteiger partial charge in [0.2, 0.25) is 5.91 Å². The summed E-state index contributed by atoms with van der Waals surface area (Å²) < 4.78 is 0. The molecular weight excluding hydrogens is 422 g/mol. The fraction of sp³-hybridized carbons (Fsp3) is 0.333. The highest BCUT2D eigenvalue weighted by molar-refractivity contribution is 6.41. The maximum Gasteiger partial charge on any atom is 0.265 e. The number of benzene rings is 2. The number of aromatic hydroxyl groups is 1. The zero-order valence-electron chi connectivity index (χ0n) is 18.1. The Bertz CT molecular complexity index is 1130. The second-order valence-electron chi connectivity index (χ2n) is 8.56. The molecule has 2 aromatic carbocycles. The SMILES string of the molecule is NC(=O)C1=NN(c2ccc(O)cc2)C2C(=O)N(c3ccc(N4CCCCC4=O)cc3)CCC12. The van der Waals surface area contributed by atoms with Crippen LogP contribution in [0.4, 0.5) is 17.1 Å². The standard InChI is InChI=1S/C24H25N5O4/c25-23(32)21-19-12-14-28(16-6-4-15(5-7-16)27-13-2-1-3-20(27)31)24(33)22(19)29(26-21)17-8-10-18(30)11-9-17/h4-11,19,22,30H,1-3,12-14H2,(H2,25,32). The molecule has 9 nitrogen and oxygen atoms in total. The van der Waals surface area contributed by atoms with Crippen molar-refractivity contribution in [2.45, 2.75) is 31.7 Å². The number of phenols is 1. The minimum atomic E-state index is -0.700. The van der Waals surface area contributed by atoms with Crippen LogP contribution < -0.4 is 20.5 Å². The van der Waals surface area contributed by atoms with Gasteiger partial charge in [-0.05, 0) is 67.8 Å². The Kier molecular flexibility index (Phi) is 5.24. The number of phenolic OH excluding ortho intramolecular Hbond substituents is 1. The van der Waals surface area contributed by atoms with Crippen LogP contribution in [0.25, 0.3) is 0 Å². The number of piperidine rings is 2.